The van der Waals surface area contributed by atoms with Crippen LogP contribution in [0, 0.1) is 11.8 Å². The van der Waals surface area contributed by atoms with Gasteiger partial charge in [0, 0.05) is 11.8 Å². The van der Waals surface area contributed by atoms with Crippen molar-refractivity contribution >= 4 is 18.6 Å². The highest BCUT2D eigenvalue weighted by molar-refractivity contribution is 7.80. The van der Waals surface area contributed by atoms with Gasteiger partial charge in [0.05, 0.1) is 5.75 Å². The molecule has 1 heterocycles. The third-order valence-electron chi connectivity index (χ3n) is 1.29. The summed E-state index contributed by atoms with van der Waals surface area (Å²) in [6, 6.07) is 3.04. The Kier molecular flexibility index (Phi) is 3.35. The maximum Gasteiger partial charge on any atom is 0.354 e. The summed E-state index contributed by atoms with van der Waals surface area (Å²) in [5.74, 6) is 4.96. The lowest BCUT2D eigenvalue weighted by atomic mass is 10.2. The molecule has 0 amide bonds. The summed E-state index contributed by atoms with van der Waals surface area (Å²) in [5.41, 5.74) is 0.718. The van der Waals surface area contributed by atoms with E-state index in [4.69, 9.17) is 5.11 Å². The van der Waals surface area contributed by atoms with Crippen molar-refractivity contribution in [2.24, 2.45) is 0 Å². The molecule has 1 rings (SSSR count). The first-order valence-electron chi connectivity index (χ1n) is 3.53. The fraction of sp³-hybridized carbons (Fsp3) is 0.111. The van der Waals surface area contributed by atoms with Crippen LogP contribution >= 0.6 is 12.6 Å². The fourth-order valence-electron chi connectivity index (χ4n) is 0.736. The summed E-state index contributed by atoms with van der Waals surface area (Å²) in [6.07, 6.45) is 1.43. The third kappa shape index (κ3) is 2.80. The molecule has 4 heteroatoms. The minimum Gasteiger partial charge on any atom is -0.477 e. The molecule has 0 aliphatic heterocycles. The van der Waals surface area contributed by atoms with Crippen LogP contribution in [0.4, 0.5) is 0 Å². The topological polar surface area (TPSA) is 50.2 Å². The van der Waals surface area contributed by atoms with Crippen molar-refractivity contribution in [3.05, 3.63) is 29.6 Å². The van der Waals surface area contributed by atoms with Gasteiger partial charge in [-0.1, -0.05) is 11.8 Å². The van der Waals surface area contributed by atoms with Gasteiger partial charge in [-0.15, -0.1) is 0 Å². The molecular weight excluding hydrogens is 186 g/mol. The molecule has 0 spiro atoms. The predicted octanol–water partition coefficient (Wildman–Crippen LogP) is 1.06. The van der Waals surface area contributed by atoms with Gasteiger partial charge in [-0.05, 0) is 12.1 Å². The minimum atomic E-state index is -1.03. The number of aromatic nitrogens is 1. The molecule has 0 saturated heterocycles. The van der Waals surface area contributed by atoms with Crippen LogP contribution in [0.5, 0.6) is 0 Å². The van der Waals surface area contributed by atoms with E-state index in [1.807, 2.05) is 0 Å². The van der Waals surface area contributed by atoms with Gasteiger partial charge < -0.3 is 5.11 Å². The van der Waals surface area contributed by atoms with E-state index in [2.05, 4.69) is 29.5 Å². The van der Waals surface area contributed by atoms with Crippen molar-refractivity contribution in [1.29, 1.82) is 0 Å². The summed E-state index contributed by atoms with van der Waals surface area (Å²) in [5, 5.41) is 8.54. The molecule has 0 atom stereocenters. The zero-order valence-electron chi connectivity index (χ0n) is 6.69. The largest absolute Gasteiger partial charge is 0.477 e. The van der Waals surface area contributed by atoms with Crippen molar-refractivity contribution in [2.45, 2.75) is 0 Å². The zero-order chi connectivity index (χ0) is 9.68. The van der Waals surface area contributed by atoms with Gasteiger partial charge in [0.1, 0.15) is 5.69 Å². The van der Waals surface area contributed by atoms with Crippen molar-refractivity contribution in [3.63, 3.8) is 0 Å². The molecule has 0 radical (unpaired) electrons. The van der Waals surface area contributed by atoms with Crippen LogP contribution in [-0.4, -0.2) is 21.8 Å². The second kappa shape index (κ2) is 4.53. The SMILES string of the molecule is O=C(O)c1ccc(C#CCS)cn1. The monoisotopic (exact) mass is 193 g/mol. The lowest BCUT2D eigenvalue weighted by Crippen LogP contribution is -1.99. The highest BCUT2D eigenvalue weighted by Gasteiger charge is 2.01. The second-order valence-electron chi connectivity index (χ2n) is 2.20. The van der Waals surface area contributed by atoms with E-state index >= 15 is 0 Å². The molecule has 0 aliphatic rings. The van der Waals surface area contributed by atoms with Crippen LogP contribution in [0.15, 0.2) is 18.3 Å². The van der Waals surface area contributed by atoms with Crippen molar-refractivity contribution < 1.29 is 9.90 Å². The molecule has 66 valence electrons. The normalized spacial score (nSPS) is 8.69. The standard InChI is InChI=1S/C9H7NO2S/c11-9(12)8-4-3-7(6-10-8)2-1-5-13/h3-4,6,13H,5H2,(H,11,12). The predicted molar refractivity (Wildman–Crippen MR) is 51.9 cm³/mol. The number of carboxylic acid groups (broad SMARTS) is 1. The molecule has 0 saturated carbocycles. The summed E-state index contributed by atoms with van der Waals surface area (Å²) < 4.78 is 0. The molecule has 1 aromatic heterocycles. The van der Waals surface area contributed by atoms with Crippen molar-refractivity contribution in [2.75, 3.05) is 5.75 Å². The molecule has 1 aromatic rings. The van der Waals surface area contributed by atoms with Gasteiger partial charge in [-0.25, -0.2) is 9.78 Å². The van der Waals surface area contributed by atoms with Crippen LogP contribution in [0.25, 0.3) is 0 Å². The fourth-order valence-corrected chi connectivity index (χ4v) is 0.815. The first-order valence-corrected chi connectivity index (χ1v) is 4.16. The first-order chi connectivity index (χ1) is 6.24. The van der Waals surface area contributed by atoms with Crippen LogP contribution in [0.1, 0.15) is 16.1 Å². The Hall–Kier alpha value is -1.47. The average Bonchev–Trinajstić information content (AvgIpc) is 2.15. The zero-order valence-corrected chi connectivity index (χ0v) is 7.58. The number of pyridine rings is 1. The van der Waals surface area contributed by atoms with Crippen molar-refractivity contribution in [3.8, 4) is 11.8 Å². The molecule has 0 bridgehead atoms. The Morgan fingerprint density at radius 1 is 1.62 bits per heavy atom. The van der Waals surface area contributed by atoms with Gasteiger partial charge in [-0.2, -0.15) is 12.6 Å². The molecule has 0 aliphatic carbocycles. The molecule has 0 fully saturated rings. The smallest absolute Gasteiger partial charge is 0.354 e. The Morgan fingerprint density at radius 3 is 2.85 bits per heavy atom. The van der Waals surface area contributed by atoms with E-state index in [-0.39, 0.29) is 5.69 Å². The Morgan fingerprint density at radius 2 is 2.38 bits per heavy atom. The highest BCUT2D eigenvalue weighted by Crippen LogP contribution is 1.98. The average molecular weight is 193 g/mol. The lowest BCUT2D eigenvalue weighted by Gasteiger charge is -1.92. The van der Waals surface area contributed by atoms with Gasteiger partial charge in [0.2, 0.25) is 0 Å². The van der Waals surface area contributed by atoms with E-state index in [0.717, 1.165) is 0 Å². The number of aromatic carboxylic acids is 1. The van der Waals surface area contributed by atoms with Crippen molar-refractivity contribution in [1.82, 2.24) is 4.98 Å². The Bertz CT molecular complexity index is 361. The molecule has 0 aromatic carbocycles. The quantitative estimate of drug-likeness (QED) is 0.518. The molecule has 13 heavy (non-hydrogen) atoms. The minimum absolute atomic E-state index is 0.0245. The number of hydrogen-bond donors (Lipinski definition) is 2. The number of hydrogen-bond acceptors (Lipinski definition) is 3. The Balaban J connectivity index is 2.87. The van der Waals surface area contributed by atoms with E-state index in [1.54, 1.807) is 6.07 Å². The number of thiol groups is 1. The van der Waals surface area contributed by atoms with Gasteiger partial charge >= 0.3 is 5.97 Å². The van der Waals surface area contributed by atoms with Crippen LogP contribution < -0.4 is 0 Å². The number of rotatable bonds is 1. The maximum absolute atomic E-state index is 10.4. The van der Waals surface area contributed by atoms with Crippen LogP contribution in [-0.2, 0) is 0 Å². The van der Waals surface area contributed by atoms with Crippen LogP contribution in [0.2, 0.25) is 0 Å². The van der Waals surface area contributed by atoms with Gasteiger partial charge in [-0.3, -0.25) is 0 Å². The van der Waals surface area contributed by atoms with E-state index < -0.39 is 5.97 Å². The molecule has 1 N–H and O–H groups in total. The Labute approximate surface area is 81.2 Å². The lowest BCUT2D eigenvalue weighted by molar-refractivity contribution is 0.0690. The van der Waals surface area contributed by atoms with E-state index in [1.165, 1.54) is 12.3 Å². The molecule has 3 nitrogen and oxygen atoms in total. The van der Waals surface area contributed by atoms with Crippen LogP contribution in [0.3, 0.4) is 0 Å². The molecular formula is C9H7NO2S. The number of carbonyl (C=O) groups is 1. The van der Waals surface area contributed by atoms with Gasteiger partial charge in [0.25, 0.3) is 0 Å². The van der Waals surface area contributed by atoms with Gasteiger partial charge in [0.15, 0.2) is 0 Å². The summed E-state index contributed by atoms with van der Waals surface area (Å²) >= 11 is 3.92. The van der Waals surface area contributed by atoms with E-state index in [0.29, 0.717) is 11.3 Å². The molecule has 0 unspecified atom stereocenters. The summed E-state index contributed by atoms with van der Waals surface area (Å²) in [6.45, 7) is 0. The first kappa shape index (κ1) is 9.62. The highest BCUT2D eigenvalue weighted by atomic mass is 32.1. The summed E-state index contributed by atoms with van der Waals surface area (Å²) in [4.78, 5) is 14.1. The number of nitrogens with zero attached hydrogens (tertiary/aromatic N) is 1. The summed E-state index contributed by atoms with van der Waals surface area (Å²) in [7, 11) is 0. The maximum atomic E-state index is 10.4. The second-order valence-corrected chi connectivity index (χ2v) is 2.51. The number of carboxylic acids is 1. The third-order valence-corrected chi connectivity index (χ3v) is 1.45. The van der Waals surface area contributed by atoms with E-state index in [9.17, 15) is 4.79 Å².